The predicted octanol–water partition coefficient (Wildman–Crippen LogP) is 0.0856. The topological polar surface area (TPSA) is 51.1 Å². The summed E-state index contributed by atoms with van der Waals surface area (Å²) in [7, 11) is 1.46. The SMILES string of the molecule is CC(O)N(C)C1=NN(F)NC(F)=C1. The lowest BCUT2D eigenvalue weighted by atomic mass is 10.4. The van der Waals surface area contributed by atoms with Gasteiger partial charge in [-0.15, -0.1) is 5.10 Å². The minimum absolute atomic E-state index is 0.00579. The van der Waals surface area contributed by atoms with Crippen LogP contribution in [0.1, 0.15) is 6.92 Å². The Kier molecular flexibility index (Phi) is 2.66. The summed E-state index contributed by atoms with van der Waals surface area (Å²) in [5.41, 5.74) is 1.67. The Labute approximate surface area is 73.8 Å². The molecular formula is C6H10F2N4O. The highest BCUT2D eigenvalue weighted by Crippen LogP contribution is 2.07. The summed E-state index contributed by atoms with van der Waals surface area (Å²) in [5, 5.41) is 12.1. The fourth-order valence-electron chi connectivity index (χ4n) is 0.741. The van der Waals surface area contributed by atoms with Crippen LogP contribution in [0.25, 0.3) is 0 Å². The highest BCUT2D eigenvalue weighted by molar-refractivity contribution is 5.93. The number of rotatable bonds is 1. The van der Waals surface area contributed by atoms with E-state index in [-0.39, 0.29) is 11.2 Å². The molecule has 7 heteroatoms. The average molecular weight is 192 g/mol. The van der Waals surface area contributed by atoms with Crippen LogP contribution >= 0.6 is 0 Å². The van der Waals surface area contributed by atoms with Gasteiger partial charge in [-0.25, -0.2) is 5.43 Å². The van der Waals surface area contributed by atoms with Crippen molar-refractivity contribution in [2.24, 2.45) is 5.10 Å². The number of likely N-dealkylation sites (N-methyl/N-ethyl adjacent to an activating group) is 1. The summed E-state index contributed by atoms with van der Waals surface area (Å²) >= 11 is 0. The van der Waals surface area contributed by atoms with Crippen molar-refractivity contribution in [3.8, 4) is 0 Å². The number of nitrogens with one attached hydrogen (secondary N) is 1. The maximum Gasteiger partial charge on any atom is 0.212 e. The molecule has 1 aliphatic rings. The van der Waals surface area contributed by atoms with Crippen molar-refractivity contribution in [1.29, 1.82) is 0 Å². The summed E-state index contributed by atoms with van der Waals surface area (Å²) in [5.74, 6) is -0.881. The maximum absolute atomic E-state index is 12.6. The van der Waals surface area contributed by atoms with Crippen LogP contribution in [0.2, 0.25) is 0 Å². The van der Waals surface area contributed by atoms with Crippen LogP contribution in [-0.4, -0.2) is 34.5 Å². The van der Waals surface area contributed by atoms with E-state index in [1.807, 2.05) is 0 Å². The molecule has 13 heavy (non-hydrogen) atoms. The van der Waals surface area contributed by atoms with Crippen LogP contribution in [0.15, 0.2) is 17.1 Å². The van der Waals surface area contributed by atoms with Crippen molar-refractivity contribution in [3.05, 3.63) is 12.0 Å². The van der Waals surface area contributed by atoms with E-state index in [1.54, 1.807) is 5.43 Å². The second-order valence-electron chi connectivity index (χ2n) is 2.57. The number of halogens is 2. The first-order chi connectivity index (χ1) is 6.00. The Bertz CT molecular complexity index is 253. The monoisotopic (exact) mass is 192 g/mol. The molecule has 0 radical (unpaired) electrons. The fourth-order valence-corrected chi connectivity index (χ4v) is 0.741. The van der Waals surface area contributed by atoms with Crippen molar-refractivity contribution in [1.82, 2.24) is 15.7 Å². The molecule has 5 nitrogen and oxygen atoms in total. The first-order valence-corrected chi connectivity index (χ1v) is 3.60. The van der Waals surface area contributed by atoms with Gasteiger partial charge in [-0.05, 0) is 12.3 Å². The Hall–Kier alpha value is -1.37. The first-order valence-electron chi connectivity index (χ1n) is 3.60. The molecule has 0 aromatic rings. The van der Waals surface area contributed by atoms with E-state index in [4.69, 9.17) is 5.11 Å². The van der Waals surface area contributed by atoms with Gasteiger partial charge in [-0.1, -0.05) is 4.48 Å². The summed E-state index contributed by atoms with van der Waals surface area (Å²) in [6.07, 6.45) is 0.109. The normalized spacial score (nSPS) is 18.7. The first kappa shape index (κ1) is 9.72. The largest absolute Gasteiger partial charge is 0.374 e. The van der Waals surface area contributed by atoms with Gasteiger partial charge in [0.1, 0.15) is 6.23 Å². The van der Waals surface area contributed by atoms with Gasteiger partial charge < -0.3 is 10.0 Å². The lowest BCUT2D eigenvalue weighted by Gasteiger charge is -2.25. The molecule has 0 spiro atoms. The number of aliphatic hydroxyl groups excluding tert-OH is 1. The molecule has 0 aromatic carbocycles. The zero-order valence-corrected chi connectivity index (χ0v) is 7.20. The van der Waals surface area contributed by atoms with Gasteiger partial charge in [0.2, 0.25) is 5.95 Å². The van der Waals surface area contributed by atoms with Crippen molar-refractivity contribution in [3.63, 3.8) is 0 Å². The molecule has 1 aliphatic heterocycles. The van der Waals surface area contributed by atoms with Crippen molar-refractivity contribution in [2.45, 2.75) is 13.2 Å². The van der Waals surface area contributed by atoms with Crippen LogP contribution < -0.4 is 5.43 Å². The van der Waals surface area contributed by atoms with Crippen LogP contribution in [0, 0.1) is 0 Å². The molecule has 0 fully saturated rings. The summed E-state index contributed by atoms with van der Waals surface area (Å²) in [6, 6.07) is 0. The Morgan fingerprint density at radius 3 is 2.85 bits per heavy atom. The second-order valence-corrected chi connectivity index (χ2v) is 2.57. The third-order valence-electron chi connectivity index (χ3n) is 1.57. The molecular weight excluding hydrogens is 182 g/mol. The number of hydrogen-bond donors (Lipinski definition) is 2. The van der Waals surface area contributed by atoms with E-state index in [2.05, 4.69) is 5.10 Å². The highest BCUT2D eigenvalue weighted by Gasteiger charge is 2.17. The van der Waals surface area contributed by atoms with E-state index in [0.717, 1.165) is 6.08 Å². The number of nitrogens with zero attached hydrogens (tertiary/aromatic N) is 3. The van der Waals surface area contributed by atoms with Gasteiger partial charge in [-0.2, -0.15) is 4.39 Å². The molecule has 0 bridgehead atoms. The summed E-state index contributed by atoms with van der Waals surface area (Å²) < 4.78 is 25.0. The van der Waals surface area contributed by atoms with Crippen molar-refractivity contribution in [2.75, 3.05) is 7.05 Å². The molecule has 0 amide bonds. The zero-order chi connectivity index (χ0) is 10.0. The smallest absolute Gasteiger partial charge is 0.212 e. The Morgan fingerprint density at radius 1 is 1.77 bits per heavy atom. The van der Waals surface area contributed by atoms with E-state index < -0.39 is 12.2 Å². The van der Waals surface area contributed by atoms with E-state index in [9.17, 15) is 8.87 Å². The molecule has 0 saturated heterocycles. The minimum Gasteiger partial charge on any atom is -0.374 e. The number of aliphatic hydroxyl groups is 1. The van der Waals surface area contributed by atoms with Crippen LogP contribution in [0.5, 0.6) is 0 Å². The van der Waals surface area contributed by atoms with Crippen LogP contribution in [0.4, 0.5) is 8.87 Å². The molecule has 0 aliphatic carbocycles. The molecule has 0 saturated carbocycles. The lowest BCUT2D eigenvalue weighted by Crippen LogP contribution is -2.39. The predicted molar refractivity (Wildman–Crippen MR) is 42.2 cm³/mol. The van der Waals surface area contributed by atoms with Gasteiger partial charge in [0, 0.05) is 13.1 Å². The quantitative estimate of drug-likeness (QED) is 0.351. The number of amidine groups is 1. The van der Waals surface area contributed by atoms with E-state index in [1.165, 1.54) is 18.9 Å². The van der Waals surface area contributed by atoms with E-state index in [0.29, 0.717) is 0 Å². The van der Waals surface area contributed by atoms with Crippen molar-refractivity contribution < 1.29 is 14.0 Å². The maximum atomic E-state index is 12.6. The van der Waals surface area contributed by atoms with Gasteiger partial charge in [-0.3, -0.25) is 0 Å². The number of hydrogen-bond acceptors (Lipinski definition) is 5. The molecule has 2 N–H and O–H groups in total. The third-order valence-corrected chi connectivity index (χ3v) is 1.57. The molecule has 1 unspecified atom stereocenters. The van der Waals surface area contributed by atoms with E-state index >= 15 is 0 Å². The van der Waals surface area contributed by atoms with Gasteiger partial charge >= 0.3 is 0 Å². The summed E-state index contributed by atoms with van der Waals surface area (Å²) in [6.45, 7) is 1.46. The average Bonchev–Trinajstić information content (AvgIpc) is 2.01. The fraction of sp³-hybridized carbons (Fsp3) is 0.500. The lowest BCUT2D eigenvalue weighted by molar-refractivity contribution is -0.0313. The highest BCUT2D eigenvalue weighted by atomic mass is 19.2. The van der Waals surface area contributed by atoms with Crippen molar-refractivity contribution >= 4 is 5.84 Å². The third kappa shape index (κ3) is 2.28. The molecule has 1 heterocycles. The zero-order valence-electron chi connectivity index (χ0n) is 7.20. The standard InChI is InChI=1S/C6H10F2N4O/c1-4(13)11(2)6-3-5(7)9-12(8)10-6/h3-4,9,13H,1-2H3. The summed E-state index contributed by atoms with van der Waals surface area (Å²) in [4.78, 5) is 1.22. The van der Waals surface area contributed by atoms with Crippen LogP contribution in [-0.2, 0) is 0 Å². The molecule has 1 atom stereocenters. The Balaban J connectivity index is 2.79. The molecule has 1 rings (SSSR count). The van der Waals surface area contributed by atoms with Gasteiger partial charge in [0.05, 0.1) is 0 Å². The van der Waals surface area contributed by atoms with Gasteiger partial charge in [0.25, 0.3) is 0 Å². The van der Waals surface area contributed by atoms with Crippen LogP contribution in [0.3, 0.4) is 0 Å². The van der Waals surface area contributed by atoms with Gasteiger partial charge in [0.15, 0.2) is 5.84 Å². The minimum atomic E-state index is -0.875. The Morgan fingerprint density at radius 2 is 2.38 bits per heavy atom. The molecule has 74 valence electrons. The second kappa shape index (κ2) is 3.56. The number of hydrazine groups is 1. The number of hydrazone groups is 1. The molecule has 0 aromatic heterocycles.